The van der Waals surface area contributed by atoms with Crippen LogP contribution in [0.15, 0.2) is 70.6 Å². The Morgan fingerprint density at radius 3 is 2.65 bits per heavy atom. The van der Waals surface area contributed by atoms with Crippen molar-refractivity contribution in [2.45, 2.75) is 6.54 Å². The number of ether oxygens (including phenoxy) is 1. The van der Waals surface area contributed by atoms with Crippen LogP contribution < -0.4 is 4.74 Å². The number of amides is 1. The summed E-state index contributed by atoms with van der Waals surface area (Å²) in [7, 11) is 0. The van der Waals surface area contributed by atoms with Crippen LogP contribution in [0.4, 0.5) is 4.39 Å². The van der Waals surface area contributed by atoms with Crippen molar-refractivity contribution < 1.29 is 18.4 Å². The van der Waals surface area contributed by atoms with Gasteiger partial charge in [-0.15, -0.1) is 11.3 Å². The van der Waals surface area contributed by atoms with Crippen LogP contribution in [0.25, 0.3) is 22.2 Å². The summed E-state index contributed by atoms with van der Waals surface area (Å²) in [5.74, 6) is 1.18. The van der Waals surface area contributed by atoms with Gasteiger partial charge in [0.25, 0.3) is 11.8 Å². The lowest BCUT2D eigenvalue weighted by molar-refractivity contribution is -0.135. The lowest BCUT2D eigenvalue weighted by atomic mass is 10.1. The number of halogens is 1. The van der Waals surface area contributed by atoms with Crippen molar-refractivity contribution in [2.24, 2.45) is 0 Å². The van der Waals surface area contributed by atoms with Gasteiger partial charge in [0.2, 0.25) is 5.82 Å². The minimum absolute atomic E-state index is 0.0498. The number of nitrogens with zero attached hydrogens (tertiary/aromatic N) is 4. The summed E-state index contributed by atoms with van der Waals surface area (Å²) in [4.78, 5) is 22.1. The monoisotopic (exact) mass is 478 g/mol. The van der Waals surface area contributed by atoms with Gasteiger partial charge in [0.15, 0.2) is 6.61 Å². The van der Waals surface area contributed by atoms with Gasteiger partial charge in [0.05, 0.1) is 4.88 Å². The highest BCUT2D eigenvalue weighted by atomic mass is 32.1. The predicted molar refractivity (Wildman–Crippen MR) is 127 cm³/mol. The van der Waals surface area contributed by atoms with Crippen molar-refractivity contribution in [3.63, 3.8) is 0 Å². The summed E-state index contributed by atoms with van der Waals surface area (Å²) in [6, 6.07) is 17.7. The molecular weight excluding hydrogens is 455 g/mol. The van der Waals surface area contributed by atoms with Gasteiger partial charge in [-0.25, -0.2) is 4.39 Å². The highest BCUT2D eigenvalue weighted by Gasteiger charge is 2.22. The Bertz CT molecular complexity index is 1240. The smallest absolute Gasteiger partial charge is 0.268 e. The second-order valence-electron chi connectivity index (χ2n) is 8.00. The molecular formula is C25H23FN4O3S. The first-order valence-corrected chi connectivity index (χ1v) is 11.9. The number of thiophene rings is 1. The van der Waals surface area contributed by atoms with Crippen molar-refractivity contribution in [2.75, 3.05) is 32.8 Å². The Labute approximate surface area is 200 Å². The number of carbonyl (C=O) groups excluding carboxylic acids is 1. The highest BCUT2D eigenvalue weighted by Crippen LogP contribution is 2.26. The number of piperazine rings is 1. The number of rotatable bonds is 7. The maximum Gasteiger partial charge on any atom is 0.268 e. The van der Waals surface area contributed by atoms with Crippen LogP contribution >= 0.6 is 11.3 Å². The molecule has 2 aromatic heterocycles. The van der Waals surface area contributed by atoms with E-state index in [2.05, 4.69) is 27.2 Å². The molecule has 0 unspecified atom stereocenters. The van der Waals surface area contributed by atoms with Gasteiger partial charge in [-0.3, -0.25) is 9.69 Å². The lowest BCUT2D eigenvalue weighted by Gasteiger charge is -2.34. The zero-order valence-electron chi connectivity index (χ0n) is 18.4. The summed E-state index contributed by atoms with van der Waals surface area (Å²) in [6.07, 6.45) is 0. The molecule has 1 saturated heterocycles. The van der Waals surface area contributed by atoms with Crippen LogP contribution in [0.1, 0.15) is 5.56 Å². The maximum absolute atomic E-state index is 13.0. The third kappa shape index (κ3) is 5.32. The lowest BCUT2D eigenvalue weighted by Crippen LogP contribution is -2.49. The third-order valence-electron chi connectivity index (χ3n) is 5.65. The standard InChI is InChI=1S/C25H23FN4O3S/c26-20-6-8-21(9-7-20)32-17-23(31)30-12-10-29(11-13-30)16-18-3-1-4-19(15-18)24-27-25(33-28-24)22-5-2-14-34-22/h1-9,14-15H,10-13,16-17H2. The predicted octanol–water partition coefficient (Wildman–Crippen LogP) is 4.33. The highest BCUT2D eigenvalue weighted by molar-refractivity contribution is 7.13. The molecule has 0 atom stereocenters. The van der Waals surface area contributed by atoms with E-state index in [1.165, 1.54) is 24.3 Å². The number of hydrogen-bond donors (Lipinski definition) is 0. The van der Waals surface area contributed by atoms with Crippen molar-refractivity contribution in [1.29, 1.82) is 0 Å². The molecule has 7 nitrogen and oxygen atoms in total. The van der Waals surface area contributed by atoms with Gasteiger partial charge in [-0.1, -0.05) is 29.4 Å². The average Bonchev–Trinajstić information content (AvgIpc) is 3.57. The van der Waals surface area contributed by atoms with Crippen LogP contribution in [0.5, 0.6) is 5.75 Å². The van der Waals surface area contributed by atoms with Crippen LogP contribution in [-0.4, -0.2) is 58.6 Å². The van der Waals surface area contributed by atoms with E-state index in [0.717, 1.165) is 35.6 Å². The first kappa shape index (κ1) is 22.2. The van der Waals surface area contributed by atoms with Crippen LogP contribution in [0.3, 0.4) is 0 Å². The van der Waals surface area contributed by atoms with E-state index >= 15 is 0 Å². The second-order valence-corrected chi connectivity index (χ2v) is 8.95. The Morgan fingerprint density at radius 2 is 1.88 bits per heavy atom. The first-order valence-electron chi connectivity index (χ1n) is 11.0. The van der Waals surface area contributed by atoms with Crippen molar-refractivity contribution in [3.05, 3.63) is 77.4 Å². The van der Waals surface area contributed by atoms with Gasteiger partial charge in [0.1, 0.15) is 11.6 Å². The molecule has 0 radical (unpaired) electrons. The maximum atomic E-state index is 13.0. The fourth-order valence-corrected chi connectivity index (χ4v) is 4.48. The van der Waals surface area contributed by atoms with Gasteiger partial charge in [-0.05, 0) is 47.3 Å². The van der Waals surface area contributed by atoms with Crippen molar-refractivity contribution >= 4 is 17.2 Å². The van der Waals surface area contributed by atoms with Gasteiger partial charge in [-0.2, -0.15) is 4.98 Å². The number of benzene rings is 2. The zero-order valence-corrected chi connectivity index (χ0v) is 19.2. The van der Waals surface area contributed by atoms with E-state index in [4.69, 9.17) is 9.26 Å². The Kier molecular flexibility index (Phi) is 6.64. The summed E-state index contributed by atoms with van der Waals surface area (Å²) < 4.78 is 23.9. The molecule has 1 aliphatic rings. The zero-order chi connectivity index (χ0) is 23.3. The Hall–Kier alpha value is -3.56. The molecule has 5 rings (SSSR count). The van der Waals surface area contributed by atoms with E-state index in [1.54, 1.807) is 11.3 Å². The normalized spacial score (nSPS) is 14.3. The molecule has 0 aliphatic carbocycles. The van der Waals surface area contributed by atoms with Crippen LogP contribution in [0.2, 0.25) is 0 Å². The van der Waals surface area contributed by atoms with Gasteiger partial charge < -0.3 is 14.2 Å². The second kappa shape index (κ2) is 10.1. The van der Waals surface area contributed by atoms with Gasteiger partial charge >= 0.3 is 0 Å². The van der Waals surface area contributed by atoms with E-state index in [-0.39, 0.29) is 18.3 Å². The SMILES string of the molecule is O=C(COc1ccc(F)cc1)N1CCN(Cc2cccc(-c3noc(-c4cccs4)n3)c2)CC1. The number of carbonyl (C=O) groups is 1. The minimum Gasteiger partial charge on any atom is -0.484 e. The molecule has 4 aromatic rings. The fraction of sp³-hybridized carbons (Fsp3) is 0.240. The van der Waals surface area contributed by atoms with E-state index in [9.17, 15) is 9.18 Å². The Morgan fingerprint density at radius 1 is 1.06 bits per heavy atom. The summed E-state index contributed by atoms with van der Waals surface area (Å²) in [6.45, 7) is 3.55. The fourth-order valence-electron chi connectivity index (χ4n) is 3.83. The van der Waals surface area contributed by atoms with E-state index in [1.807, 2.05) is 34.5 Å². The quantitative estimate of drug-likeness (QED) is 0.394. The number of hydrogen-bond acceptors (Lipinski definition) is 7. The summed E-state index contributed by atoms with van der Waals surface area (Å²) >= 11 is 1.56. The van der Waals surface area contributed by atoms with Gasteiger partial charge in [0, 0.05) is 38.3 Å². The largest absolute Gasteiger partial charge is 0.484 e. The molecule has 0 bridgehead atoms. The Balaban J connectivity index is 1.13. The molecule has 3 heterocycles. The average molecular weight is 479 g/mol. The van der Waals surface area contributed by atoms with Crippen LogP contribution in [0, 0.1) is 5.82 Å². The molecule has 0 N–H and O–H groups in total. The van der Waals surface area contributed by atoms with Crippen molar-refractivity contribution in [1.82, 2.24) is 19.9 Å². The minimum atomic E-state index is -0.333. The first-order chi connectivity index (χ1) is 16.6. The third-order valence-corrected chi connectivity index (χ3v) is 6.51. The number of aromatic nitrogens is 2. The molecule has 0 saturated carbocycles. The van der Waals surface area contributed by atoms with Crippen LogP contribution in [-0.2, 0) is 11.3 Å². The molecule has 1 amide bonds. The van der Waals surface area contributed by atoms with E-state index in [0.29, 0.717) is 30.6 Å². The molecule has 34 heavy (non-hydrogen) atoms. The molecule has 1 fully saturated rings. The van der Waals surface area contributed by atoms with Crippen molar-refractivity contribution in [3.8, 4) is 27.9 Å². The molecule has 174 valence electrons. The summed E-state index contributed by atoms with van der Waals surface area (Å²) in [5.41, 5.74) is 2.07. The molecule has 2 aromatic carbocycles. The summed E-state index contributed by atoms with van der Waals surface area (Å²) in [5, 5.41) is 6.11. The molecule has 1 aliphatic heterocycles. The topological polar surface area (TPSA) is 71.7 Å². The van der Waals surface area contributed by atoms with E-state index < -0.39 is 0 Å². The molecule has 9 heteroatoms. The molecule has 0 spiro atoms.